The second-order valence-electron chi connectivity index (χ2n) is 15.7. The van der Waals surface area contributed by atoms with Crippen molar-refractivity contribution in [2.45, 2.75) is 6.92 Å². The third-order valence-electron chi connectivity index (χ3n) is 12.5. The average Bonchev–Trinajstić information content (AvgIpc) is 3.29. The van der Waals surface area contributed by atoms with Gasteiger partial charge in [0.05, 0.1) is 5.69 Å². The topological polar surface area (TPSA) is 6.48 Å². The molecular weight excluding hydrogens is 699 g/mol. The van der Waals surface area contributed by atoms with Crippen LogP contribution in [-0.2, 0) is 0 Å². The summed E-state index contributed by atoms with van der Waals surface area (Å²) in [4.78, 5) is 5.24. The van der Waals surface area contributed by atoms with Gasteiger partial charge in [0, 0.05) is 33.7 Å². The van der Waals surface area contributed by atoms with Crippen molar-refractivity contribution in [1.29, 1.82) is 0 Å². The van der Waals surface area contributed by atoms with E-state index in [1.165, 1.54) is 111 Å². The molecule has 2 aliphatic heterocycles. The number of nitrogens with zero attached hydrogens (tertiary/aromatic N) is 2. The van der Waals surface area contributed by atoms with E-state index < -0.39 is 0 Å². The molecule has 12 rings (SSSR count). The summed E-state index contributed by atoms with van der Waals surface area (Å²) < 4.78 is 0. The van der Waals surface area contributed by atoms with Crippen LogP contribution in [0.1, 0.15) is 5.56 Å². The highest BCUT2D eigenvalue weighted by atomic mass is 15.2. The number of benzene rings is 10. The molecule has 0 unspecified atom stereocenters. The molecule has 0 saturated heterocycles. The van der Waals surface area contributed by atoms with E-state index in [4.69, 9.17) is 0 Å². The molecular formula is C55H37BN2. The van der Waals surface area contributed by atoms with Crippen LogP contribution in [0.3, 0.4) is 0 Å². The Balaban J connectivity index is 1.22. The van der Waals surface area contributed by atoms with E-state index in [2.05, 4.69) is 223 Å². The lowest BCUT2D eigenvalue weighted by atomic mass is 9.43. The van der Waals surface area contributed by atoms with Crippen molar-refractivity contribution in [3.05, 3.63) is 212 Å². The normalized spacial score (nSPS) is 12.8. The minimum atomic E-state index is -0.0979. The molecule has 2 aliphatic rings. The summed E-state index contributed by atoms with van der Waals surface area (Å²) in [6, 6.07) is 76.5. The Bertz CT molecular complexity index is 3250. The minimum absolute atomic E-state index is 0.0979. The molecule has 3 heteroatoms. The lowest BCUT2D eigenvalue weighted by Crippen LogP contribution is -2.61. The fourth-order valence-electron chi connectivity index (χ4n) is 9.80. The highest BCUT2D eigenvalue weighted by Crippen LogP contribution is 2.52. The third kappa shape index (κ3) is 4.93. The van der Waals surface area contributed by atoms with Crippen LogP contribution in [0.25, 0.3) is 65.7 Å². The van der Waals surface area contributed by atoms with Crippen LogP contribution in [0.2, 0.25) is 0 Å². The first kappa shape index (κ1) is 32.8. The zero-order valence-electron chi connectivity index (χ0n) is 32.1. The Morgan fingerprint density at radius 3 is 1.72 bits per heavy atom. The minimum Gasteiger partial charge on any atom is -0.376 e. The van der Waals surface area contributed by atoms with Crippen LogP contribution >= 0.6 is 0 Å². The number of rotatable bonds is 4. The predicted octanol–water partition coefficient (Wildman–Crippen LogP) is 13.5. The van der Waals surface area contributed by atoms with Gasteiger partial charge in [-0.05, 0) is 115 Å². The van der Waals surface area contributed by atoms with Gasteiger partial charge in [-0.25, -0.2) is 0 Å². The van der Waals surface area contributed by atoms with E-state index in [-0.39, 0.29) is 6.85 Å². The zero-order chi connectivity index (χ0) is 38.3. The van der Waals surface area contributed by atoms with Crippen LogP contribution in [0, 0.1) is 6.92 Å². The van der Waals surface area contributed by atoms with Gasteiger partial charge in [-0.15, -0.1) is 0 Å². The molecule has 0 amide bonds. The Hall–Kier alpha value is -7.36. The van der Waals surface area contributed by atoms with Crippen molar-refractivity contribution in [2.24, 2.45) is 0 Å². The molecule has 0 aromatic heterocycles. The van der Waals surface area contributed by atoms with Crippen molar-refractivity contribution in [2.75, 3.05) is 9.71 Å². The van der Waals surface area contributed by atoms with Crippen molar-refractivity contribution in [1.82, 2.24) is 0 Å². The molecule has 10 aromatic carbocycles. The largest absolute Gasteiger partial charge is 0.376 e. The Morgan fingerprint density at radius 2 is 0.983 bits per heavy atom. The quantitative estimate of drug-likeness (QED) is 0.166. The fourth-order valence-corrected chi connectivity index (χ4v) is 9.80. The van der Waals surface area contributed by atoms with Crippen LogP contribution in [0.15, 0.2) is 206 Å². The van der Waals surface area contributed by atoms with Gasteiger partial charge in [0.2, 0.25) is 0 Å². The highest BCUT2D eigenvalue weighted by molar-refractivity contribution is 6.94. The summed E-state index contributed by atoms with van der Waals surface area (Å²) >= 11 is 0. The van der Waals surface area contributed by atoms with E-state index in [0.29, 0.717) is 0 Å². The van der Waals surface area contributed by atoms with E-state index >= 15 is 0 Å². The fraction of sp³-hybridized carbons (Fsp3) is 0.0182. The summed E-state index contributed by atoms with van der Waals surface area (Å²) in [6.45, 7) is 2.16. The van der Waals surface area contributed by atoms with Crippen LogP contribution < -0.4 is 20.6 Å². The summed E-state index contributed by atoms with van der Waals surface area (Å²) in [6.07, 6.45) is 0. The van der Waals surface area contributed by atoms with Gasteiger partial charge in [0.25, 0.3) is 0 Å². The van der Waals surface area contributed by atoms with E-state index in [1.54, 1.807) is 0 Å². The van der Waals surface area contributed by atoms with Crippen LogP contribution in [0.4, 0.5) is 28.4 Å². The first-order valence-corrected chi connectivity index (χ1v) is 20.2. The highest BCUT2D eigenvalue weighted by Gasteiger charge is 2.46. The van der Waals surface area contributed by atoms with Gasteiger partial charge in [0.15, 0.2) is 0 Å². The Kier molecular flexibility index (Phi) is 7.27. The van der Waals surface area contributed by atoms with E-state index in [1.807, 2.05) is 0 Å². The van der Waals surface area contributed by atoms with Crippen molar-refractivity contribution in [3.63, 3.8) is 0 Å². The monoisotopic (exact) mass is 736 g/mol. The molecule has 0 aliphatic carbocycles. The number of hydrogen-bond donors (Lipinski definition) is 0. The van der Waals surface area contributed by atoms with Crippen molar-refractivity contribution >= 4 is 78.5 Å². The lowest BCUT2D eigenvalue weighted by Gasteiger charge is -2.47. The molecule has 0 radical (unpaired) electrons. The summed E-state index contributed by atoms with van der Waals surface area (Å²) in [5.74, 6) is 0. The molecule has 0 saturated carbocycles. The van der Waals surface area contributed by atoms with Gasteiger partial charge >= 0.3 is 6.85 Å². The molecule has 0 bridgehead atoms. The third-order valence-corrected chi connectivity index (χ3v) is 12.5. The first-order chi connectivity index (χ1) is 28.7. The molecule has 270 valence electrons. The molecule has 0 atom stereocenters. The first-order valence-electron chi connectivity index (χ1n) is 20.2. The molecule has 2 nitrogen and oxygen atoms in total. The maximum absolute atomic E-state index is 2.63. The van der Waals surface area contributed by atoms with Crippen molar-refractivity contribution < 1.29 is 0 Å². The van der Waals surface area contributed by atoms with Gasteiger partial charge < -0.3 is 9.71 Å². The van der Waals surface area contributed by atoms with E-state index in [9.17, 15) is 0 Å². The second kappa shape index (κ2) is 12.8. The molecule has 10 aromatic rings. The maximum Gasteiger partial charge on any atom is 0.333 e. The summed E-state index contributed by atoms with van der Waals surface area (Å²) in [7, 11) is 0. The second-order valence-corrected chi connectivity index (χ2v) is 15.7. The standard InChI is InChI=1S/C55H37BN2/c1-36-24-25-43(38-16-6-3-7-17-38)34-51(36)57-52-35-42-20-9-8-19-41(42)33-49(52)56-54-48(32-44-21-11-13-23-47(44)55(54)57)53-46-22-12-10-18-40(46)28-31-50(53)58(56)45-29-26-39(27-30-45)37-14-4-2-5-15-37/h2-35H,1H3. The number of aryl methyl sites for hydroxylation is 1. The number of anilines is 5. The number of hydrogen-bond acceptors (Lipinski definition) is 2. The lowest BCUT2D eigenvalue weighted by molar-refractivity contribution is 1.26. The number of fused-ring (bicyclic) bond motifs is 9. The Labute approximate surface area is 339 Å². The smallest absolute Gasteiger partial charge is 0.333 e. The van der Waals surface area contributed by atoms with Gasteiger partial charge in [0.1, 0.15) is 0 Å². The molecule has 0 N–H and O–H groups in total. The van der Waals surface area contributed by atoms with Gasteiger partial charge in [-0.3, -0.25) is 0 Å². The summed E-state index contributed by atoms with van der Waals surface area (Å²) in [5.41, 5.74) is 17.3. The molecule has 0 fully saturated rings. The average molecular weight is 737 g/mol. The summed E-state index contributed by atoms with van der Waals surface area (Å²) in [5, 5.41) is 7.46. The van der Waals surface area contributed by atoms with E-state index in [0.717, 1.165) is 0 Å². The van der Waals surface area contributed by atoms with Crippen LogP contribution in [0.5, 0.6) is 0 Å². The Morgan fingerprint density at radius 1 is 0.397 bits per heavy atom. The van der Waals surface area contributed by atoms with Gasteiger partial charge in [-0.1, -0.05) is 170 Å². The SMILES string of the molecule is Cc1ccc(-c2ccccc2)cc1N1c2cc3ccccc3cc2B2c3c(cc4ccccc4c31)-c1c(ccc3ccccc13)N2c1ccc(-c2ccccc2)cc1. The molecule has 58 heavy (non-hydrogen) atoms. The van der Waals surface area contributed by atoms with Gasteiger partial charge in [-0.2, -0.15) is 0 Å². The van der Waals surface area contributed by atoms with Crippen LogP contribution in [-0.4, -0.2) is 6.85 Å². The molecule has 0 spiro atoms. The zero-order valence-corrected chi connectivity index (χ0v) is 32.1. The maximum atomic E-state index is 2.63. The predicted molar refractivity (Wildman–Crippen MR) is 248 cm³/mol. The van der Waals surface area contributed by atoms with Crippen molar-refractivity contribution in [3.8, 4) is 33.4 Å². The molecule has 2 heterocycles.